The van der Waals surface area contributed by atoms with E-state index in [0.29, 0.717) is 17.9 Å². The first-order valence-electron chi connectivity index (χ1n) is 8.86. The van der Waals surface area contributed by atoms with Crippen LogP contribution in [0.15, 0.2) is 60.9 Å². The van der Waals surface area contributed by atoms with Crippen molar-refractivity contribution in [3.8, 4) is 5.75 Å². The van der Waals surface area contributed by atoms with E-state index in [1.807, 2.05) is 24.3 Å². The Kier molecular flexibility index (Phi) is 6.51. The summed E-state index contributed by atoms with van der Waals surface area (Å²) in [6, 6.07) is 14.2. The molecule has 0 aliphatic carbocycles. The Morgan fingerprint density at radius 1 is 1.07 bits per heavy atom. The molecule has 7 heteroatoms. The third-order valence-electron chi connectivity index (χ3n) is 4.16. The molecule has 2 N–H and O–H groups in total. The van der Waals surface area contributed by atoms with E-state index in [2.05, 4.69) is 20.6 Å². The van der Waals surface area contributed by atoms with Crippen molar-refractivity contribution in [1.82, 2.24) is 15.3 Å². The fourth-order valence-corrected chi connectivity index (χ4v) is 2.57. The number of carbonyl (C=O) groups is 1. The van der Waals surface area contributed by atoms with Gasteiger partial charge in [-0.1, -0.05) is 30.3 Å². The van der Waals surface area contributed by atoms with Gasteiger partial charge in [-0.25, -0.2) is 14.4 Å². The van der Waals surface area contributed by atoms with Crippen LogP contribution in [-0.2, 0) is 13.0 Å². The van der Waals surface area contributed by atoms with Gasteiger partial charge < -0.3 is 15.4 Å². The minimum Gasteiger partial charge on any atom is -0.497 e. The number of aromatic nitrogens is 2. The Bertz CT molecular complexity index is 914. The molecule has 144 valence electrons. The van der Waals surface area contributed by atoms with Crippen molar-refractivity contribution in [1.29, 1.82) is 0 Å². The molecule has 0 aliphatic heterocycles. The Morgan fingerprint density at radius 2 is 1.86 bits per heavy atom. The third kappa shape index (κ3) is 5.26. The summed E-state index contributed by atoms with van der Waals surface area (Å²) in [4.78, 5) is 20.4. The number of nitrogens with zero attached hydrogens (tertiary/aromatic N) is 2. The first kappa shape index (κ1) is 19.3. The van der Waals surface area contributed by atoms with Crippen LogP contribution in [-0.4, -0.2) is 29.5 Å². The number of ether oxygens (including phenoxy) is 1. The summed E-state index contributed by atoms with van der Waals surface area (Å²) in [7, 11) is 1.64. The van der Waals surface area contributed by atoms with E-state index in [1.165, 1.54) is 24.0 Å². The number of anilines is 1. The monoisotopic (exact) mass is 380 g/mol. The van der Waals surface area contributed by atoms with Gasteiger partial charge in [-0.2, -0.15) is 0 Å². The highest BCUT2D eigenvalue weighted by Crippen LogP contribution is 2.12. The standard InChI is InChI=1S/C21H21FN4O2/c1-28-17-8-6-15(7-9-17)10-11-23-20-14-24-19(13-25-20)21(27)26-12-16-4-2-3-5-18(16)22/h2-9,13-14H,10-12H2,1H3,(H,23,25)(H,26,27). The second kappa shape index (κ2) is 9.45. The van der Waals surface area contributed by atoms with Gasteiger partial charge in [0.2, 0.25) is 0 Å². The van der Waals surface area contributed by atoms with Crippen LogP contribution in [0.5, 0.6) is 5.75 Å². The number of methoxy groups -OCH3 is 1. The highest BCUT2D eigenvalue weighted by molar-refractivity contribution is 5.91. The quantitative estimate of drug-likeness (QED) is 0.628. The molecule has 0 spiro atoms. The molecule has 0 saturated heterocycles. The van der Waals surface area contributed by atoms with Crippen LogP contribution >= 0.6 is 0 Å². The largest absolute Gasteiger partial charge is 0.497 e. The van der Waals surface area contributed by atoms with Crippen molar-refractivity contribution in [2.24, 2.45) is 0 Å². The van der Waals surface area contributed by atoms with Crippen molar-refractivity contribution in [3.63, 3.8) is 0 Å². The highest BCUT2D eigenvalue weighted by Gasteiger charge is 2.09. The maximum absolute atomic E-state index is 13.6. The molecule has 0 atom stereocenters. The fraction of sp³-hybridized carbons (Fsp3) is 0.190. The van der Waals surface area contributed by atoms with Crippen LogP contribution in [0.4, 0.5) is 10.2 Å². The summed E-state index contributed by atoms with van der Waals surface area (Å²) in [5.41, 5.74) is 1.77. The Balaban J connectivity index is 1.47. The van der Waals surface area contributed by atoms with Gasteiger partial charge in [0.05, 0.1) is 19.5 Å². The summed E-state index contributed by atoms with van der Waals surface area (Å²) in [5.74, 6) is 0.649. The second-order valence-electron chi connectivity index (χ2n) is 6.09. The Morgan fingerprint density at radius 3 is 2.54 bits per heavy atom. The number of nitrogens with one attached hydrogen (secondary N) is 2. The maximum atomic E-state index is 13.6. The molecular formula is C21H21FN4O2. The minimum atomic E-state index is -0.402. The zero-order chi connectivity index (χ0) is 19.8. The average molecular weight is 380 g/mol. The topological polar surface area (TPSA) is 76.1 Å². The normalized spacial score (nSPS) is 10.4. The predicted molar refractivity (Wildman–Crippen MR) is 105 cm³/mol. The lowest BCUT2D eigenvalue weighted by atomic mass is 10.1. The number of carbonyl (C=O) groups excluding carboxylic acids is 1. The van der Waals surface area contributed by atoms with E-state index < -0.39 is 5.91 Å². The molecular weight excluding hydrogens is 359 g/mol. The van der Waals surface area contributed by atoms with Gasteiger partial charge >= 0.3 is 0 Å². The summed E-state index contributed by atoms with van der Waals surface area (Å²) in [6.07, 6.45) is 3.72. The van der Waals surface area contributed by atoms with E-state index >= 15 is 0 Å². The molecule has 3 rings (SSSR count). The molecule has 0 bridgehead atoms. The van der Waals surface area contributed by atoms with Gasteiger partial charge in [0.1, 0.15) is 23.1 Å². The molecule has 1 amide bonds. The summed E-state index contributed by atoms with van der Waals surface area (Å²) in [6.45, 7) is 0.773. The minimum absolute atomic E-state index is 0.0923. The average Bonchev–Trinajstić information content (AvgIpc) is 2.74. The van der Waals surface area contributed by atoms with Crippen LogP contribution < -0.4 is 15.4 Å². The van der Waals surface area contributed by atoms with E-state index in [0.717, 1.165) is 12.2 Å². The van der Waals surface area contributed by atoms with Crippen molar-refractivity contribution in [3.05, 3.63) is 83.6 Å². The van der Waals surface area contributed by atoms with Crippen molar-refractivity contribution in [2.75, 3.05) is 19.0 Å². The maximum Gasteiger partial charge on any atom is 0.271 e. The Labute approximate surface area is 162 Å². The van der Waals surface area contributed by atoms with Gasteiger partial charge in [0.25, 0.3) is 5.91 Å². The van der Waals surface area contributed by atoms with Gasteiger partial charge in [-0.3, -0.25) is 4.79 Å². The van der Waals surface area contributed by atoms with Gasteiger partial charge in [0.15, 0.2) is 0 Å². The van der Waals surface area contributed by atoms with E-state index in [-0.39, 0.29) is 18.1 Å². The molecule has 0 unspecified atom stereocenters. The first-order valence-corrected chi connectivity index (χ1v) is 8.86. The second-order valence-corrected chi connectivity index (χ2v) is 6.09. The van der Waals surface area contributed by atoms with Crippen LogP contribution in [0.25, 0.3) is 0 Å². The van der Waals surface area contributed by atoms with Crippen LogP contribution in [0.1, 0.15) is 21.6 Å². The van der Waals surface area contributed by atoms with E-state index in [4.69, 9.17) is 4.74 Å². The number of benzene rings is 2. The summed E-state index contributed by atoms with van der Waals surface area (Å²) < 4.78 is 18.7. The summed E-state index contributed by atoms with van der Waals surface area (Å²) >= 11 is 0. The third-order valence-corrected chi connectivity index (χ3v) is 4.16. The molecule has 28 heavy (non-hydrogen) atoms. The van der Waals surface area contributed by atoms with E-state index in [9.17, 15) is 9.18 Å². The zero-order valence-electron chi connectivity index (χ0n) is 15.5. The lowest BCUT2D eigenvalue weighted by molar-refractivity contribution is 0.0945. The first-order chi connectivity index (χ1) is 13.7. The van der Waals surface area contributed by atoms with Crippen LogP contribution in [0, 0.1) is 5.82 Å². The van der Waals surface area contributed by atoms with Crippen molar-refractivity contribution < 1.29 is 13.9 Å². The molecule has 0 saturated carbocycles. The van der Waals surface area contributed by atoms with Gasteiger partial charge in [-0.05, 0) is 30.2 Å². The molecule has 3 aromatic rings. The zero-order valence-corrected chi connectivity index (χ0v) is 15.5. The summed E-state index contributed by atoms with van der Waals surface area (Å²) in [5, 5.41) is 5.80. The molecule has 0 aliphatic rings. The predicted octanol–water partition coefficient (Wildman–Crippen LogP) is 3.21. The fourth-order valence-electron chi connectivity index (χ4n) is 2.57. The van der Waals surface area contributed by atoms with Gasteiger partial charge in [0, 0.05) is 18.7 Å². The number of rotatable bonds is 8. The van der Waals surface area contributed by atoms with Crippen molar-refractivity contribution in [2.45, 2.75) is 13.0 Å². The lowest BCUT2D eigenvalue weighted by Crippen LogP contribution is -2.24. The number of halogens is 1. The molecule has 6 nitrogen and oxygen atoms in total. The Hall–Kier alpha value is -3.48. The lowest BCUT2D eigenvalue weighted by Gasteiger charge is -2.08. The SMILES string of the molecule is COc1ccc(CCNc2cnc(C(=O)NCc3ccccc3F)cn2)cc1. The highest BCUT2D eigenvalue weighted by atomic mass is 19.1. The molecule has 0 fully saturated rings. The van der Waals surface area contributed by atoms with Gasteiger partial charge in [-0.15, -0.1) is 0 Å². The number of hydrogen-bond donors (Lipinski definition) is 2. The molecule has 0 radical (unpaired) electrons. The van der Waals surface area contributed by atoms with Crippen LogP contribution in [0.2, 0.25) is 0 Å². The number of amides is 1. The number of hydrogen-bond acceptors (Lipinski definition) is 5. The molecule has 2 aromatic carbocycles. The van der Waals surface area contributed by atoms with Crippen LogP contribution in [0.3, 0.4) is 0 Å². The van der Waals surface area contributed by atoms with Crippen molar-refractivity contribution >= 4 is 11.7 Å². The smallest absolute Gasteiger partial charge is 0.271 e. The molecule has 1 heterocycles. The molecule has 1 aromatic heterocycles. The van der Waals surface area contributed by atoms with E-state index in [1.54, 1.807) is 25.3 Å².